The van der Waals surface area contributed by atoms with Crippen LogP contribution in [-0.4, -0.2) is 55.2 Å². The van der Waals surface area contributed by atoms with Gasteiger partial charge in [0.1, 0.15) is 0 Å². The Morgan fingerprint density at radius 2 is 1.04 bits per heavy atom. The molecule has 5 N–H and O–H groups in total. The zero-order valence-corrected chi connectivity index (χ0v) is 29.0. The van der Waals surface area contributed by atoms with Gasteiger partial charge in [0.15, 0.2) is 0 Å². The van der Waals surface area contributed by atoms with E-state index in [1.165, 1.54) is 0 Å². The summed E-state index contributed by atoms with van der Waals surface area (Å²) in [5.74, 6) is 1.05. The maximum atomic E-state index is 12.0. The third-order valence-corrected chi connectivity index (χ3v) is 8.36. The average Bonchev–Trinajstić information content (AvgIpc) is 2.95. The van der Waals surface area contributed by atoms with Crippen LogP contribution in [0.4, 0.5) is 0 Å². The number of amides is 2. The van der Waals surface area contributed by atoms with Gasteiger partial charge in [0.2, 0.25) is 0 Å². The van der Waals surface area contributed by atoms with E-state index in [1.807, 2.05) is 30.3 Å². The average molecular weight is 689 g/mol. The number of nitrogens with two attached hydrogens (primary N) is 1. The molecule has 240 valence electrons. The van der Waals surface area contributed by atoms with E-state index in [0.717, 1.165) is 25.9 Å². The Balaban J connectivity index is -0.000000698. The van der Waals surface area contributed by atoms with E-state index in [9.17, 15) is 24.4 Å². The van der Waals surface area contributed by atoms with E-state index in [4.69, 9.17) is 9.94 Å². The molecule has 10 nitrogen and oxygen atoms in total. The van der Waals surface area contributed by atoms with Gasteiger partial charge in [-0.15, -0.1) is 41.0 Å². The van der Waals surface area contributed by atoms with Gasteiger partial charge >= 0.3 is 41.5 Å². The molecule has 0 aliphatic carbocycles. The van der Waals surface area contributed by atoms with E-state index >= 15 is 0 Å². The second-order valence-electron chi connectivity index (χ2n) is 9.61. The quantitative estimate of drug-likeness (QED) is 0.0516. The first-order valence-corrected chi connectivity index (χ1v) is 14.4. The van der Waals surface area contributed by atoms with Crippen LogP contribution in [0.15, 0.2) is 70.5 Å². The number of carbonyl (C=O) groups excluding carboxylic acids is 4. The van der Waals surface area contributed by atoms with Crippen molar-refractivity contribution in [1.29, 1.82) is 0 Å². The molecule has 2 aliphatic heterocycles. The Labute approximate surface area is 300 Å². The number of imide groups is 1. The molecule has 0 unspecified atom stereocenters. The van der Waals surface area contributed by atoms with Crippen LogP contribution < -0.4 is 35.5 Å². The van der Waals surface area contributed by atoms with Crippen molar-refractivity contribution in [3.8, 4) is 0 Å². The van der Waals surface area contributed by atoms with Gasteiger partial charge in [0, 0.05) is 33.9 Å². The van der Waals surface area contributed by atoms with Gasteiger partial charge in [0.05, 0.1) is 22.3 Å². The van der Waals surface area contributed by atoms with Gasteiger partial charge in [-0.3, -0.25) is 14.8 Å². The Hall–Kier alpha value is -2.49. The summed E-state index contributed by atoms with van der Waals surface area (Å²) in [6.45, 7) is 8.40. The molecular weight excluding hydrogens is 651 g/mol. The van der Waals surface area contributed by atoms with Crippen molar-refractivity contribution in [3.05, 3.63) is 82.9 Å². The molecule has 0 aromatic heterocycles. The summed E-state index contributed by atoms with van der Waals surface area (Å²) < 4.78 is 4.74. The van der Waals surface area contributed by atoms with Gasteiger partial charge in [0.25, 0.3) is 11.8 Å². The standard InChI is InChI=1S/C15H13NO3S.C15H12O3S.CH4.ClH.H3NO.Na.H2O.2H2/c1-8(2)20-12-7-6-11-13-9(12)4-3-5-10(13)14(17)16(19)15(11)18;1-8(2)19-12-7-6-11-13-9(12)4-3-5-10(13)14(16)18-15(11)17;;;1-2;;;;/h3-8,19H,1-2H3;3-8H,1-2H3;1H4;1H;2H,1H2;;1H2;2*1H/q;;;;;+1;;;/p-1. The van der Waals surface area contributed by atoms with Crippen LogP contribution in [0.3, 0.4) is 0 Å². The molecule has 0 bridgehead atoms. The maximum absolute atomic E-state index is 12.0. The first-order chi connectivity index (χ1) is 19.6. The minimum atomic E-state index is -0.667. The van der Waals surface area contributed by atoms with E-state index in [1.54, 1.807) is 53.9 Å². The van der Waals surface area contributed by atoms with E-state index < -0.39 is 23.8 Å². The Morgan fingerprint density at radius 3 is 1.49 bits per heavy atom. The number of hydroxylamine groups is 2. The fraction of sp³-hybridized carbons (Fsp3) is 0.226. The molecule has 2 heterocycles. The molecule has 0 atom stereocenters. The van der Waals surface area contributed by atoms with Crippen molar-refractivity contribution < 1.29 is 72.2 Å². The number of benzene rings is 4. The summed E-state index contributed by atoms with van der Waals surface area (Å²) >= 11 is 3.40. The van der Waals surface area contributed by atoms with Crippen LogP contribution in [0.2, 0.25) is 0 Å². The topological polar surface area (TPSA) is 177 Å². The molecular formula is C31H38ClN2NaO8S2. The predicted molar refractivity (Wildman–Crippen MR) is 178 cm³/mol. The van der Waals surface area contributed by atoms with Crippen molar-refractivity contribution >= 4 is 81.2 Å². The van der Waals surface area contributed by atoms with Gasteiger partial charge in [-0.2, -0.15) is 0 Å². The number of ether oxygens (including phenoxy) is 1. The van der Waals surface area contributed by atoms with Crippen molar-refractivity contribution in [2.75, 3.05) is 0 Å². The third kappa shape index (κ3) is 8.46. The van der Waals surface area contributed by atoms with Crippen molar-refractivity contribution in [2.45, 2.75) is 55.4 Å². The summed E-state index contributed by atoms with van der Waals surface area (Å²) in [5.41, 5.74) is 1.67. The van der Waals surface area contributed by atoms with Crippen LogP contribution in [0, 0.1) is 0 Å². The molecule has 4 aromatic rings. The molecule has 0 spiro atoms. The van der Waals surface area contributed by atoms with E-state index in [0.29, 0.717) is 38.1 Å². The number of cyclic esters (lactones) is 2. The molecule has 2 amide bonds. The molecule has 6 rings (SSSR count). The molecule has 0 fully saturated rings. The Morgan fingerprint density at radius 1 is 0.689 bits per heavy atom. The summed E-state index contributed by atoms with van der Waals surface area (Å²) in [7, 11) is 0. The number of thioether (sulfide) groups is 2. The largest absolute Gasteiger partial charge is 1.00 e. The second kappa shape index (κ2) is 18.0. The smallest absolute Gasteiger partial charge is 0.870 e. The van der Waals surface area contributed by atoms with E-state index in [-0.39, 0.29) is 62.8 Å². The molecule has 0 radical (unpaired) electrons. The summed E-state index contributed by atoms with van der Waals surface area (Å²) in [4.78, 5) is 49.6. The fourth-order valence-corrected chi connectivity index (χ4v) is 6.59. The van der Waals surface area contributed by atoms with Gasteiger partial charge in [-0.25, -0.2) is 15.5 Å². The second-order valence-corrected chi connectivity index (χ2v) is 12.8. The summed E-state index contributed by atoms with van der Waals surface area (Å²) in [5, 5.41) is 20.3. The first kappa shape index (κ1) is 42.5. The normalized spacial score (nSPS) is 12.5. The summed E-state index contributed by atoms with van der Waals surface area (Å²) in [6, 6.07) is 18.0. The van der Waals surface area contributed by atoms with Crippen molar-refractivity contribution in [1.82, 2.24) is 5.06 Å². The van der Waals surface area contributed by atoms with Crippen LogP contribution in [0.5, 0.6) is 0 Å². The first-order valence-electron chi connectivity index (χ1n) is 12.6. The van der Waals surface area contributed by atoms with E-state index in [2.05, 4.69) is 33.6 Å². The predicted octanol–water partition coefficient (Wildman–Crippen LogP) is 4.69. The number of hydrogen-bond donors (Lipinski definition) is 3. The van der Waals surface area contributed by atoms with Gasteiger partial charge < -0.3 is 15.4 Å². The van der Waals surface area contributed by atoms with Crippen LogP contribution in [0.1, 0.15) is 79.4 Å². The minimum Gasteiger partial charge on any atom is -0.870 e. The van der Waals surface area contributed by atoms with Crippen LogP contribution in [0.25, 0.3) is 21.5 Å². The SMILES string of the molecule is C.CC(C)Sc1ccc2c3c(cccc13)C(=O)N(O)C2=O.CC(C)Sc1ccc2c3c(cccc13)C(=O)OC2=O.Cl.NO.[HH].[HH].[Na+].[OH-]. The number of esters is 2. The van der Waals surface area contributed by atoms with Crippen molar-refractivity contribution in [3.63, 3.8) is 0 Å². The molecule has 0 saturated carbocycles. The zero-order chi connectivity index (χ0) is 30.0. The minimum absolute atomic E-state index is 0. The fourth-order valence-electron chi connectivity index (χ4n) is 4.68. The zero-order valence-electron chi connectivity index (χ0n) is 24.6. The van der Waals surface area contributed by atoms with Gasteiger partial charge in [-0.1, -0.05) is 59.4 Å². The van der Waals surface area contributed by atoms with Crippen LogP contribution >= 0.6 is 35.9 Å². The van der Waals surface area contributed by atoms with Gasteiger partial charge in [-0.05, 0) is 47.2 Å². The Bertz CT molecular complexity index is 1690. The van der Waals surface area contributed by atoms with Crippen LogP contribution in [-0.2, 0) is 4.74 Å². The molecule has 2 aliphatic rings. The molecule has 14 heteroatoms. The third-order valence-electron chi connectivity index (χ3n) is 6.20. The monoisotopic (exact) mass is 688 g/mol. The molecule has 4 aromatic carbocycles. The Kier molecular flexibility index (Phi) is 17.0. The molecule has 45 heavy (non-hydrogen) atoms. The maximum Gasteiger partial charge on any atom is 1.00 e. The van der Waals surface area contributed by atoms with Crippen molar-refractivity contribution in [2.24, 2.45) is 5.90 Å². The number of rotatable bonds is 4. The summed E-state index contributed by atoms with van der Waals surface area (Å²) in [6.07, 6.45) is 0. The number of hydrogen-bond acceptors (Lipinski definition) is 11. The molecule has 0 saturated heterocycles. The number of nitrogens with zero attached hydrogens (tertiary/aromatic N) is 1. The number of halogens is 1. The number of carbonyl (C=O) groups is 4.